The van der Waals surface area contributed by atoms with Crippen LogP contribution in [0.5, 0.6) is 5.75 Å². The summed E-state index contributed by atoms with van der Waals surface area (Å²) in [6.45, 7) is -3.81. The number of anilines is 1. The zero-order valence-corrected chi connectivity index (χ0v) is 20.4. The summed E-state index contributed by atoms with van der Waals surface area (Å²) in [6.07, 6.45) is 4.17. The molecule has 196 valence electrons. The van der Waals surface area contributed by atoms with Crippen LogP contribution in [0.25, 0.3) is 11.3 Å². The molecule has 1 fully saturated rings. The molecule has 0 aromatic carbocycles. The third-order valence-corrected chi connectivity index (χ3v) is 5.53. The Morgan fingerprint density at radius 3 is 2.76 bits per heavy atom. The lowest BCUT2D eigenvalue weighted by molar-refractivity contribution is -0.117. The van der Waals surface area contributed by atoms with E-state index in [1.54, 1.807) is 18.4 Å². The van der Waals surface area contributed by atoms with Gasteiger partial charge in [0.2, 0.25) is 5.91 Å². The maximum atomic E-state index is 13.0. The summed E-state index contributed by atoms with van der Waals surface area (Å²) in [4.78, 5) is 53.7. The van der Waals surface area contributed by atoms with E-state index in [2.05, 4.69) is 35.1 Å². The lowest BCUT2D eigenvalue weighted by Gasteiger charge is -2.16. The first kappa shape index (κ1) is 22.2. The lowest BCUT2D eigenvalue weighted by Crippen LogP contribution is -2.32. The SMILES string of the molecule is [2H]C([2H])([2H])NC(=O)c1nn(COP(=O)(O)O)c(NC(=O)C2CC2)cc1=Nc1nccc(-c2cnn(C)n2)c1OC. The zero-order valence-electron chi connectivity index (χ0n) is 22.5. The molecular weight excluding hydrogens is 509 g/mol. The van der Waals surface area contributed by atoms with Crippen molar-refractivity contribution < 1.29 is 37.3 Å². The fourth-order valence-electron chi connectivity index (χ4n) is 3.21. The molecule has 16 nitrogen and oxygen atoms in total. The summed E-state index contributed by atoms with van der Waals surface area (Å²) in [7, 11) is -2.02. The van der Waals surface area contributed by atoms with Gasteiger partial charge < -0.3 is 25.2 Å². The molecule has 0 spiro atoms. The first-order chi connectivity index (χ1) is 18.7. The Bertz CT molecular complexity index is 1560. The average molecular weight is 536 g/mol. The molecule has 17 heteroatoms. The van der Waals surface area contributed by atoms with Gasteiger partial charge in [0.15, 0.2) is 24.0 Å². The second-order valence-corrected chi connectivity index (χ2v) is 9.02. The van der Waals surface area contributed by atoms with Gasteiger partial charge in [-0.3, -0.25) is 14.1 Å². The molecule has 3 heterocycles. The number of methoxy groups -OCH3 is 1. The van der Waals surface area contributed by atoms with Gasteiger partial charge in [-0.2, -0.15) is 20.1 Å². The van der Waals surface area contributed by atoms with Crippen molar-refractivity contribution >= 4 is 31.3 Å². The molecule has 0 radical (unpaired) electrons. The number of carbonyl (C=O) groups is 2. The van der Waals surface area contributed by atoms with Crippen molar-refractivity contribution in [3.63, 3.8) is 0 Å². The van der Waals surface area contributed by atoms with Crippen LogP contribution >= 0.6 is 7.82 Å². The fraction of sp³-hybridized carbons (Fsp3) is 0.350. The van der Waals surface area contributed by atoms with Gasteiger partial charge in [0.25, 0.3) is 5.91 Å². The van der Waals surface area contributed by atoms with Crippen LogP contribution in [0.2, 0.25) is 0 Å². The van der Waals surface area contributed by atoms with Crippen molar-refractivity contribution in [2.24, 2.45) is 18.0 Å². The first-order valence-electron chi connectivity index (χ1n) is 12.1. The van der Waals surface area contributed by atoms with Crippen molar-refractivity contribution in [2.45, 2.75) is 19.6 Å². The molecule has 37 heavy (non-hydrogen) atoms. The van der Waals surface area contributed by atoms with Crippen LogP contribution in [-0.4, -0.2) is 65.4 Å². The minimum absolute atomic E-state index is 0.0564. The number of ether oxygens (including phenoxy) is 1. The van der Waals surface area contributed by atoms with Crippen LogP contribution in [0.4, 0.5) is 11.6 Å². The first-order valence-corrected chi connectivity index (χ1v) is 12.2. The quantitative estimate of drug-likeness (QED) is 0.269. The smallest absolute Gasteiger partial charge is 0.471 e. The van der Waals surface area contributed by atoms with Crippen molar-refractivity contribution in [3.05, 3.63) is 35.6 Å². The summed E-state index contributed by atoms with van der Waals surface area (Å²) in [5, 5.41) is 16.4. The number of amides is 2. The van der Waals surface area contributed by atoms with Gasteiger partial charge >= 0.3 is 7.82 Å². The molecule has 0 aliphatic heterocycles. The highest BCUT2D eigenvalue weighted by Gasteiger charge is 2.30. The van der Waals surface area contributed by atoms with Crippen LogP contribution in [0.3, 0.4) is 0 Å². The molecule has 1 aliphatic rings. The fourth-order valence-corrected chi connectivity index (χ4v) is 3.47. The molecule has 0 bridgehead atoms. The van der Waals surface area contributed by atoms with Crippen LogP contribution in [0, 0.1) is 5.92 Å². The number of phosphoric ester groups is 1. The number of nitrogens with zero attached hydrogens (tertiary/aromatic N) is 7. The number of nitrogens with one attached hydrogen (secondary N) is 2. The van der Waals surface area contributed by atoms with Gasteiger partial charge in [-0.05, 0) is 18.9 Å². The summed E-state index contributed by atoms with van der Waals surface area (Å²) in [6, 6.07) is 2.77. The Kier molecular flexibility index (Phi) is 6.35. The Labute approximate surface area is 213 Å². The monoisotopic (exact) mass is 536 g/mol. The highest BCUT2D eigenvalue weighted by atomic mass is 31.2. The van der Waals surface area contributed by atoms with E-state index in [0.717, 1.165) is 4.68 Å². The number of aryl methyl sites for hydroxylation is 1. The molecule has 4 N–H and O–H groups in total. The van der Waals surface area contributed by atoms with Crippen molar-refractivity contribution in [1.82, 2.24) is 35.1 Å². The highest BCUT2D eigenvalue weighted by molar-refractivity contribution is 7.46. The Morgan fingerprint density at radius 1 is 1.35 bits per heavy atom. The van der Waals surface area contributed by atoms with E-state index in [-0.39, 0.29) is 28.7 Å². The molecule has 3 aromatic heterocycles. The maximum absolute atomic E-state index is 13.0. The molecule has 0 saturated heterocycles. The van der Waals surface area contributed by atoms with Crippen molar-refractivity contribution in [2.75, 3.05) is 19.4 Å². The number of hydrogen-bond donors (Lipinski definition) is 4. The van der Waals surface area contributed by atoms with E-state index in [9.17, 15) is 14.2 Å². The molecule has 3 aromatic rings. The molecule has 0 unspecified atom stereocenters. The predicted octanol–water partition coefficient (Wildman–Crippen LogP) is 0.0895. The zero-order chi connectivity index (χ0) is 29.2. The third kappa shape index (κ3) is 6.24. The van der Waals surface area contributed by atoms with Gasteiger partial charge in [0.1, 0.15) is 16.9 Å². The molecule has 0 atom stereocenters. The topological polar surface area (TPSA) is 208 Å². The summed E-state index contributed by atoms with van der Waals surface area (Å²) >= 11 is 0. The molecule has 2 amide bonds. The van der Waals surface area contributed by atoms with Crippen molar-refractivity contribution in [3.8, 4) is 17.0 Å². The Hall–Kier alpha value is -3.98. The number of aromatic nitrogens is 6. The Balaban J connectivity index is 1.91. The van der Waals surface area contributed by atoms with E-state index in [1.165, 1.54) is 30.4 Å². The minimum atomic E-state index is -5.00. The number of pyridine rings is 1. The van der Waals surface area contributed by atoms with Crippen LogP contribution in [0.1, 0.15) is 27.4 Å². The number of carbonyl (C=O) groups excluding carboxylic acids is 2. The third-order valence-electron chi connectivity index (χ3n) is 5.08. The summed E-state index contributed by atoms with van der Waals surface area (Å²) < 4.78 is 44.3. The van der Waals surface area contributed by atoms with Crippen molar-refractivity contribution in [1.29, 1.82) is 0 Å². The van der Waals surface area contributed by atoms with E-state index in [4.69, 9.17) is 18.6 Å². The largest absolute Gasteiger partial charge is 0.492 e. The van der Waals surface area contributed by atoms with Crippen LogP contribution < -0.4 is 20.7 Å². The molecule has 4 rings (SSSR count). The number of phosphoric acid groups is 1. The van der Waals surface area contributed by atoms with E-state index < -0.39 is 39.0 Å². The van der Waals surface area contributed by atoms with E-state index >= 15 is 0 Å². The Morgan fingerprint density at radius 2 is 2.14 bits per heavy atom. The predicted molar refractivity (Wildman–Crippen MR) is 126 cm³/mol. The molecular formula is C20H24N9O7P. The van der Waals surface area contributed by atoms with Crippen LogP contribution in [0.15, 0.2) is 29.5 Å². The summed E-state index contributed by atoms with van der Waals surface area (Å²) in [5.74, 6) is -1.95. The number of rotatable bonds is 9. The van der Waals surface area contributed by atoms with Gasteiger partial charge in [-0.1, -0.05) is 0 Å². The van der Waals surface area contributed by atoms with Crippen LogP contribution in [-0.2, 0) is 27.7 Å². The lowest BCUT2D eigenvalue weighted by atomic mass is 10.2. The minimum Gasteiger partial charge on any atom is -0.492 e. The standard InChI is InChI=1S/C20H24N9O7P/c1-21-20(31)16-13(24-18-17(35-3)12(6-7-22-18)14-9-23-28(2)26-14)8-15(25-19(30)11-4-5-11)29(27-16)10-36-37(32,33)34/h6-9,11H,4-5,10H2,1-3H3,(H,21,31)(H,25,30)(H2,32,33,34)/i1D3. The van der Waals surface area contributed by atoms with Gasteiger partial charge in [0, 0.05) is 36.3 Å². The van der Waals surface area contributed by atoms with Gasteiger partial charge in [-0.25, -0.2) is 19.2 Å². The van der Waals surface area contributed by atoms with E-state index in [0.29, 0.717) is 24.1 Å². The maximum Gasteiger partial charge on any atom is 0.471 e. The molecule has 1 saturated carbocycles. The average Bonchev–Trinajstić information content (AvgIpc) is 3.62. The second-order valence-electron chi connectivity index (χ2n) is 7.78. The summed E-state index contributed by atoms with van der Waals surface area (Å²) in [5.41, 5.74) is 0.298. The van der Waals surface area contributed by atoms with E-state index in [1.807, 2.05) is 0 Å². The highest BCUT2D eigenvalue weighted by Crippen LogP contribution is 2.37. The second kappa shape index (κ2) is 10.6. The van der Waals surface area contributed by atoms with Gasteiger partial charge in [-0.15, -0.1) is 0 Å². The van der Waals surface area contributed by atoms with Gasteiger partial charge in [0.05, 0.1) is 18.9 Å². The number of hydrogen-bond acceptors (Lipinski definition) is 10. The molecule has 1 aliphatic carbocycles. The normalized spacial score (nSPS) is 15.5.